The Morgan fingerprint density at radius 2 is 2.05 bits per heavy atom. The highest BCUT2D eigenvalue weighted by Gasteiger charge is 2.15. The van der Waals surface area contributed by atoms with Gasteiger partial charge in [0.05, 0.1) is 4.92 Å². The summed E-state index contributed by atoms with van der Waals surface area (Å²) in [4.78, 5) is 24.4. The van der Waals surface area contributed by atoms with Gasteiger partial charge in [0.25, 0.3) is 11.6 Å². The summed E-state index contributed by atoms with van der Waals surface area (Å²) < 4.78 is 0. The van der Waals surface area contributed by atoms with Crippen LogP contribution in [0.3, 0.4) is 0 Å². The van der Waals surface area contributed by atoms with Crippen LogP contribution < -0.4 is 5.32 Å². The number of nitrogens with one attached hydrogen (secondary N) is 1. The minimum Gasteiger partial charge on any atom is -0.352 e. The molecule has 7 heteroatoms. The van der Waals surface area contributed by atoms with Crippen molar-refractivity contribution in [1.29, 1.82) is 0 Å². The van der Waals surface area contributed by atoms with Crippen LogP contribution in [0.2, 0.25) is 5.02 Å². The number of rotatable bonds is 8. The standard InChI is InChI=1S/C14H20ClN3O3/c1-3-17(4-2)9-5-8-16-14(19)11-6-7-12(15)13(10-11)18(20)21/h6-7,10H,3-5,8-9H2,1-2H3,(H,16,19). The van der Waals surface area contributed by atoms with Crippen LogP contribution >= 0.6 is 11.6 Å². The molecule has 0 bridgehead atoms. The molecule has 0 aromatic heterocycles. The number of carbonyl (C=O) groups is 1. The smallest absolute Gasteiger partial charge is 0.288 e. The summed E-state index contributed by atoms with van der Waals surface area (Å²) in [5.74, 6) is -0.325. The Labute approximate surface area is 129 Å². The number of amides is 1. The van der Waals surface area contributed by atoms with E-state index in [1.165, 1.54) is 18.2 Å². The molecule has 21 heavy (non-hydrogen) atoms. The Bertz CT molecular complexity index is 504. The van der Waals surface area contributed by atoms with Crippen molar-refractivity contribution in [3.05, 3.63) is 38.9 Å². The Morgan fingerprint density at radius 3 is 2.62 bits per heavy atom. The third-order valence-corrected chi connectivity index (χ3v) is 3.56. The molecule has 1 rings (SSSR count). The van der Waals surface area contributed by atoms with E-state index < -0.39 is 4.92 Å². The maximum Gasteiger partial charge on any atom is 0.288 e. The van der Waals surface area contributed by atoms with Gasteiger partial charge in [0.15, 0.2) is 0 Å². The van der Waals surface area contributed by atoms with Crippen LogP contribution in [0.15, 0.2) is 18.2 Å². The van der Waals surface area contributed by atoms with E-state index in [9.17, 15) is 14.9 Å². The van der Waals surface area contributed by atoms with E-state index in [-0.39, 0.29) is 22.2 Å². The van der Waals surface area contributed by atoms with Gasteiger partial charge in [0.1, 0.15) is 5.02 Å². The van der Waals surface area contributed by atoms with Crippen molar-refractivity contribution in [2.45, 2.75) is 20.3 Å². The van der Waals surface area contributed by atoms with Gasteiger partial charge in [-0.1, -0.05) is 25.4 Å². The van der Waals surface area contributed by atoms with Crippen LogP contribution in [-0.4, -0.2) is 41.9 Å². The second kappa shape index (κ2) is 8.59. The first-order chi connectivity index (χ1) is 9.99. The summed E-state index contributed by atoms with van der Waals surface area (Å²) in [5, 5.41) is 13.6. The predicted octanol–water partition coefficient (Wildman–Crippen LogP) is 2.71. The first-order valence-corrected chi connectivity index (χ1v) is 7.31. The van der Waals surface area contributed by atoms with Crippen LogP contribution in [0, 0.1) is 10.1 Å². The zero-order valence-electron chi connectivity index (χ0n) is 12.3. The zero-order chi connectivity index (χ0) is 15.8. The number of nitro benzene ring substituents is 1. The van der Waals surface area contributed by atoms with Gasteiger partial charge in [-0.15, -0.1) is 0 Å². The van der Waals surface area contributed by atoms with Gasteiger partial charge in [0.2, 0.25) is 0 Å². The molecule has 0 radical (unpaired) electrons. The number of hydrogen-bond acceptors (Lipinski definition) is 4. The van der Waals surface area contributed by atoms with Crippen molar-refractivity contribution in [3.63, 3.8) is 0 Å². The van der Waals surface area contributed by atoms with Gasteiger partial charge in [-0.2, -0.15) is 0 Å². The molecule has 0 unspecified atom stereocenters. The first kappa shape index (κ1) is 17.4. The molecule has 0 aliphatic heterocycles. The highest BCUT2D eigenvalue weighted by molar-refractivity contribution is 6.32. The van der Waals surface area contributed by atoms with E-state index in [1.807, 2.05) is 0 Å². The lowest BCUT2D eigenvalue weighted by Gasteiger charge is -2.17. The molecule has 1 aromatic rings. The molecule has 0 spiro atoms. The maximum absolute atomic E-state index is 11.9. The second-order valence-electron chi connectivity index (χ2n) is 4.56. The van der Waals surface area contributed by atoms with Crippen molar-refractivity contribution in [3.8, 4) is 0 Å². The number of nitro groups is 1. The maximum atomic E-state index is 11.9. The SMILES string of the molecule is CCN(CC)CCCNC(=O)c1ccc(Cl)c([N+](=O)[O-])c1. The van der Waals surface area contributed by atoms with E-state index in [1.54, 1.807) is 0 Å². The van der Waals surface area contributed by atoms with E-state index in [0.29, 0.717) is 6.54 Å². The number of carbonyl (C=O) groups excluding carboxylic acids is 1. The molecular formula is C14H20ClN3O3. The monoisotopic (exact) mass is 313 g/mol. The molecule has 0 saturated heterocycles. The molecule has 0 aliphatic carbocycles. The van der Waals surface area contributed by atoms with E-state index in [4.69, 9.17) is 11.6 Å². The Morgan fingerprint density at radius 1 is 1.38 bits per heavy atom. The van der Waals surface area contributed by atoms with E-state index in [2.05, 4.69) is 24.1 Å². The van der Waals surface area contributed by atoms with Crippen molar-refractivity contribution in [2.75, 3.05) is 26.2 Å². The van der Waals surface area contributed by atoms with Crippen molar-refractivity contribution in [1.82, 2.24) is 10.2 Å². The molecule has 0 aliphatic rings. The van der Waals surface area contributed by atoms with Crippen LogP contribution in [0.1, 0.15) is 30.6 Å². The number of nitrogens with zero attached hydrogens (tertiary/aromatic N) is 2. The lowest BCUT2D eigenvalue weighted by Crippen LogP contribution is -2.29. The van der Waals surface area contributed by atoms with Crippen LogP contribution in [-0.2, 0) is 0 Å². The number of halogens is 1. The third kappa shape index (κ3) is 5.32. The van der Waals surface area contributed by atoms with Gasteiger partial charge in [0, 0.05) is 18.2 Å². The average Bonchev–Trinajstić information content (AvgIpc) is 2.47. The fraction of sp³-hybridized carbons (Fsp3) is 0.500. The molecule has 116 valence electrons. The Hall–Kier alpha value is -1.66. The van der Waals surface area contributed by atoms with E-state index in [0.717, 1.165) is 26.1 Å². The molecule has 1 aromatic carbocycles. The summed E-state index contributed by atoms with van der Waals surface area (Å²) >= 11 is 5.71. The minimum absolute atomic E-state index is 0.0260. The molecular weight excluding hydrogens is 294 g/mol. The lowest BCUT2D eigenvalue weighted by molar-refractivity contribution is -0.384. The number of hydrogen-bond donors (Lipinski definition) is 1. The van der Waals surface area contributed by atoms with Crippen LogP contribution in [0.5, 0.6) is 0 Å². The lowest BCUT2D eigenvalue weighted by atomic mass is 10.2. The average molecular weight is 314 g/mol. The van der Waals surface area contributed by atoms with Gasteiger partial charge in [-0.3, -0.25) is 14.9 Å². The molecule has 0 fully saturated rings. The summed E-state index contributed by atoms with van der Waals surface area (Å²) in [5.41, 5.74) is -0.0126. The molecule has 0 atom stereocenters. The van der Waals surface area contributed by atoms with Crippen molar-refractivity contribution >= 4 is 23.2 Å². The number of benzene rings is 1. The summed E-state index contributed by atoms with van der Waals surface area (Å²) in [6.45, 7) is 7.59. The molecule has 1 amide bonds. The second-order valence-corrected chi connectivity index (χ2v) is 4.97. The summed E-state index contributed by atoms with van der Waals surface area (Å²) in [6.07, 6.45) is 0.836. The van der Waals surface area contributed by atoms with Gasteiger partial charge in [-0.25, -0.2) is 0 Å². The highest BCUT2D eigenvalue weighted by atomic mass is 35.5. The third-order valence-electron chi connectivity index (χ3n) is 3.24. The molecule has 1 N–H and O–H groups in total. The summed E-state index contributed by atoms with van der Waals surface area (Å²) in [6, 6.07) is 4.04. The normalized spacial score (nSPS) is 10.7. The quantitative estimate of drug-likeness (QED) is 0.455. The fourth-order valence-electron chi connectivity index (χ4n) is 1.94. The van der Waals surface area contributed by atoms with Crippen LogP contribution in [0.25, 0.3) is 0 Å². The Balaban J connectivity index is 2.53. The molecule has 0 heterocycles. The molecule has 0 saturated carbocycles. The fourth-order valence-corrected chi connectivity index (χ4v) is 2.13. The van der Waals surface area contributed by atoms with Crippen molar-refractivity contribution < 1.29 is 9.72 Å². The van der Waals surface area contributed by atoms with Gasteiger partial charge < -0.3 is 10.2 Å². The topological polar surface area (TPSA) is 75.5 Å². The van der Waals surface area contributed by atoms with Gasteiger partial charge in [-0.05, 0) is 38.2 Å². The largest absolute Gasteiger partial charge is 0.352 e. The van der Waals surface area contributed by atoms with Crippen LogP contribution in [0.4, 0.5) is 5.69 Å². The summed E-state index contributed by atoms with van der Waals surface area (Å²) in [7, 11) is 0. The minimum atomic E-state index is -0.598. The highest BCUT2D eigenvalue weighted by Crippen LogP contribution is 2.24. The first-order valence-electron chi connectivity index (χ1n) is 6.94. The predicted molar refractivity (Wildman–Crippen MR) is 82.8 cm³/mol. The molecule has 6 nitrogen and oxygen atoms in total. The van der Waals surface area contributed by atoms with E-state index >= 15 is 0 Å². The van der Waals surface area contributed by atoms with Gasteiger partial charge >= 0.3 is 0 Å². The van der Waals surface area contributed by atoms with Crippen molar-refractivity contribution in [2.24, 2.45) is 0 Å². The zero-order valence-corrected chi connectivity index (χ0v) is 13.0. The Kier molecular flexibility index (Phi) is 7.11.